The van der Waals surface area contributed by atoms with Gasteiger partial charge in [-0.15, -0.1) is 0 Å². The topological polar surface area (TPSA) is 87.1 Å². The first-order valence-electron chi connectivity index (χ1n) is 15.2. The highest BCUT2D eigenvalue weighted by molar-refractivity contribution is 9.10. The maximum Gasteiger partial charge on any atom is 0.417 e. The van der Waals surface area contributed by atoms with Crippen molar-refractivity contribution < 1.29 is 22.8 Å². The van der Waals surface area contributed by atoms with Crippen LogP contribution < -0.4 is 4.90 Å². The van der Waals surface area contributed by atoms with Crippen molar-refractivity contribution in [2.75, 3.05) is 11.4 Å². The van der Waals surface area contributed by atoms with Crippen LogP contribution in [0.3, 0.4) is 0 Å². The van der Waals surface area contributed by atoms with Gasteiger partial charge in [-0.05, 0) is 56.2 Å². The molecule has 3 aromatic carbocycles. The number of anilines is 2. The average Bonchev–Trinajstić information content (AvgIpc) is 3.67. The van der Waals surface area contributed by atoms with E-state index in [1.165, 1.54) is 12.1 Å². The predicted molar refractivity (Wildman–Crippen MR) is 174 cm³/mol. The molecule has 0 saturated carbocycles. The molecule has 2 aromatic heterocycles. The lowest BCUT2D eigenvalue weighted by Gasteiger charge is -2.47. The van der Waals surface area contributed by atoms with Gasteiger partial charge in [0.05, 0.1) is 41.4 Å². The van der Waals surface area contributed by atoms with Gasteiger partial charge >= 0.3 is 6.18 Å². The summed E-state index contributed by atoms with van der Waals surface area (Å²) in [6, 6.07) is 20.2. The van der Waals surface area contributed by atoms with E-state index in [2.05, 4.69) is 25.9 Å². The number of hydrogen-bond acceptors (Lipinski definition) is 4. The Balaban J connectivity index is 1.27. The second-order valence-corrected chi connectivity index (χ2v) is 13.0. The third-order valence-electron chi connectivity index (χ3n) is 9.13. The number of carbonyl (C=O) groups is 2. The number of fused-ring (bicyclic) bond motifs is 3. The van der Waals surface area contributed by atoms with Crippen LogP contribution in [-0.4, -0.2) is 49.0 Å². The standard InChI is InChI=1S/C35H30BrF3N6O2/c1-20-14-27-30(18-43(20)33(46)24-10-13-29(36)28(16-24)35(37,38)39)45-32(25(17-42-45)15-22-6-4-3-5-7-22)44(34(27)47)26-11-8-23(9-12-26)31-21(2)40-19-41-31/h3-13,16-17,19-20,27,30H,14-15,18H2,1-2H3,(H,40,41)/t20-,27?,30?/m1/s1. The molecular formula is C35H30BrF3N6O2. The number of alkyl halides is 3. The largest absolute Gasteiger partial charge is 0.417 e. The fourth-order valence-electron chi connectivity index (χ4n) is 6.76. The van der Waals surface area contributed by atoms with Crippen LogP contribution in [0, 0.1) is 12.8 Å². The summed E-state index contributed by atoms with van der Waals surface area (Å²) in [4.78, 5) is 39.1. The van der Waals surface area contributed by atoms with E-state index in [-0.39, 0.29) is 22.5 Å². The summed E-state index contributed by atoms with van der Waals surface area (Å²) < 4.78 is 42.7. The van der Waals surface area contributed by atoms with Crippen LogP contribution in [0.2, 0.25) is 0 Å². The van der Waals surface area contributed by atoms with Gasteiger partial charge in [-0.1, -0.05) is 58.4 Å². The zero-order valence-corrected chi connectivity index (χ0v) is 27.1. The summed E-state index contributed by atoms with van der Waals surface area (Å²) >= 11 is 2.96. The highest BCUT2D eigenvalue weighted by Crippen LogP contribution is 2.45. The Morgan fingerprint density at radius 2 is 1.81 bits per heavy atom. The second-order valence-electron chi connectivity index (χ2n) is 12.1. The van der Waals surface area contributed by atoms with Gasteiger partial charge in [-0.3, -0.25) is 14.5 Å². The summed E-state index contributed by atoms with van der Waals surface area (Å²) in [5, 5.41) is 4.78. The lowest BCUT2D eigenvalue weighted by molar-refractivity contribution is -0.138. The van der Waals surface area contributed by atoms with Crippen LogP contribution >= 0.6 is 15.9 Å². The molecule has 0 bridgehead atoms. The van der Waals surface area contributed by atoms with Crippen molar-refractivity contribution in [2.24, 2.45) is 5.92 Å². The summed E-state index contributed by atoms with van der Waals surface area (Å²) in [6.07, 6.45) is -0.361. The molecule has 5 aromatic rings. The summed E-state index contributed by atoms with van der Waals surface area (Å²) in [5.41, 5.74) is 4.27. The van der Waals surface area contributed by atoms with Gasteiger partial charge in [-0.25, -0.2) is 9.67 Å². The first-order valence-corrected chi connectivity index (χ1v) is 16.0. The van der Waals surface area contributed by atoms with Crippen molar-refractivity contribution >= 4 is 39.2 Å². The van der Waals surface area contributed by atoms with Crippen molar-refractivity contribution in [2.45, 2.75) is 44.9 Å². The van der Waals surface area contributed by atoms with Gasteiger partial charge in [0.15, 0.2) is 0 Å². The van der Waals surface area contributed by atoms with E-state index in [1.54, 1.807) is 22.3 Å². The van der Waals surface area contributed by atoms with E-state index in [4.69, 9.17) is 5.10 Å². The number of carbonyl (C=O) groups excluding carboxylic acids is 2. The predicted octanol–water partition coefficient (Wildman–Crippen LogP) is 7.72. The van der Waals surface area contributed by atoms with Crippen molar-refractivity contribution in [3.63, 3.8) is 0 Å². The summed E-state index contributed by atoms with van der Waals surface area (Å²) in [7, 11) is 0. The quantitative estimate of drug-likeness (QED) is 0.203. The van der Waals surface area contributed by atoms with E-state index in [1.807, 2.05) is 73.1 Å². The molecule has 2 amide bonds. The Hall–Kier alpha value is -4.71. The van der Waals surface area contributed by atoms with E-state index < -0.39 is 35.6 Å². The molecular weight excluding hydrogens is 673 g/mol. The Bertz CT molecular complexity index is 1970. The fraction of sp³-hybridized carbons (Fsp3) is 0.257. The van der Waals surface area contributed by atoms with Crippen LogP contribution in [0.5, 0.6) is 0 Å². The molecule has 7 rings (SSSR count). The van der Waals surface area contributed by atoms with Gasteiger partial charge in [0.2, 0.25) is 5.91 Å². The number of benzene rings is 3. The highest BCUT2D eigenvalue weighted by atomic mass is 79.9. The number of nitrogens with one attached hydrogen (secondary N) is 1. The first-order chi connectivity index (χ1) is 22.5. The molecule has 2 aliphatic heterocycles. The Morgan fingerprint density at radius 3 is 2.49 bits per heavy atom. The normalized spacial score (nSPS) is 19.4. The number of piperidine rings is 1. The number of rotatable bonds is 5. The molecule has 0 radical (unpaired) electrons. The number of amides is 2. The van der Waals surface area contributed by atoms with Gasteiger partial charge in [0.25, 0.3) is 5.91 Å². The van der Waals surface area contributed by atoms with Crippen LogP contribution in [0.4, 0.5) is 24.7 Å². The maximum atomic E-state index is 14.5. The molecule has 47 heavy (non-hydrogen) atoms. The van der Waals surface area contributed by atoms with Crippen LogP contribution in [0.25, 0.3) is 11.3 Å². The molecule has 1 fully saturated rings. The van der Waals surface area contributed by atoms with E-state index >= 15 is 0 Å². The number of aryl methyl sites for hydroxylation is 1. The van der Waals surface area contributed by atoms with Crippen molar-refractivity contribution in [1.29, 1.82) is 0 Å². The number of H-pyrrole nitrogens is 1. The number of aromatic amines is 1. The summed E-state index contributed by atoms with van der Waals surface area (Å²) in [5.74, 6) is -0.516. The molecule has 2 unspecified atom stereocenters. The smallest absolute Gasteiger partial charge is 0.348 e. The van der Waals surface area contributed by atoms with Crippen molar-refractivity contribution in [3.8, 4) is 11.3 Å². The van der Waals surface area contributed by atoms with Gasteiger partial charge in [0, 0.05) is 45.9 Å². The number of halogens is 4. The second kappa shape index (κ2) is 11.8. The molecule has 0 aliphatic carbocycles. The Morgan fingerprint density at radius 1 is 1.06 bits per heavy atom. The number of imidazole rings is 1. The third kappa shape index (κ3) is 5.54. The molecule has 240 valence electrons. The van der Waals surface area contributed by atoms with Crippen LogP contribution in [0.1, 0.15) is 52.1 Å². The van der Waals surface area contributed by atoms with Crippen LogP contribution in [-0.2, 0) is 17.4 Å². The minimum atomic E-state index is -4.62. The monoisotopic (exact) mass is 702 g/mol. The minimum absolute atomic E-state index is 0.0627. The molecule has 1 saturated heterocycles. The molecule has 2 aliphatic rings. The van der Waals surface area contributed by atoms with Crippen molar-refractivity contribution in [3.05, 3.63) is 118 Å². The summed E-state index contributed by atoms with van der Waals surface area (Å²) in [6.45, 7) is 3.90. The average molecular weight is 704 g/mol. The van der Waals surface area contributed by atoms with Gasteiger partial charge < -0.3 is 9.88 Å². The first kappa shape index (κ1) is 30.9. The number of hydrogen-bond donors (Lipinski definition) is 1. The number of aromatic nitrogens is 4. The molecule has 3 atom stereocenters. The van der Waals surface area contributed by atoms with Crippen LogP contribution in [0.15, 0.2) is 89.8 Å². The SMILES string of the molecule is Cc1[nH]cnc1-c1ccc(N2C(=O)C3C[C@@H](C)N(C(=O)c4ccc(Br)c(C(F)(F)F)c4)CC3n3ncc(Cc4ccccc4)c32)cc1. The van der Waals surface area contributed by atoms with Gasteiger partial charge in [0.1, 0.15) is 5.82 Å². The maximum absolute atomic E-state index is 14.5. The lowest BCUT2D eigenvalue weighted by atomic mass is 9.84. The zero-order valence-electron chi connectivity index (χ0n) is 25.5. The fourth-order valence-corrected chi connectivity index (χ4v) is 7.23. The lowest BCUT2D eigenvalue weighted by Crippen LogP contribution is -2.56. The number of likely N-dealkylation sites (tertiary alicyclic amines) is 1. The molecule has 1 N–H and O–H groups in total. The van der Waals surface area contributed by atoms with Crippen molar-refractivity contribution in [1.82, 2.24) is 24.6 Å². The Labute approximate surface area is 277 Å². The van der Waals surface area contributed by atoms with E-state index in [0.29, 0.717) is 24.3 Å². The highest BCUT2D eigenvalue weighted by Gasteiger charge is 2.48. The van der Waals surface area contributed by atoms with Gasteiger partial charge in [-0.2, -0.15) is 18.3 Å². The third-order valence-corrected chi connectivity index (χ3v) is 9.82. The Kier molecular flexibility index (Phi) is 7.78. The zero-order chi connectivity index (χ0) is 33.0. The molecule has 12 heteroatoms. The molecule has 0 spiro atoms. The minimum Gasteiger partial charge on any atom is -0.348 e. The van der Waals surface area contributed by atoms with E-state index in [0.717, 1.165) is 34.1 Å². The molecule has 4 heterocycles. The number of nitrogens with zero attached hydrogens (tertiary/aromatic N) is 5. The van der Waals surface area contributed by atoms with E-state index in [9.17, 15) is 22.8 Å². The molecule has 8 nitrogen and oxygen atoms in total.